The predicted molar refractivity (Wildman–Crippen MR) is 74.5 cm³/mol. The Kier molecular flexibility index (Phi) is 4.94. The molecule has 1 N–H and O–H groups in total. The second-order valence-corrected chi connectivity index (χ2v) is 4.98. The second kappa shape index (κ2) is 6.90. The average Bonchev–Trinajstić information content (AvgIpc) is 2.49. The Morgan fingerprint density at radius 2 is 1.95 bits per heavy atom. The Morgan fingerprint density at radius 1 is 1.30 bits per heavy atom. The van der Waals surface area contributed by atoms with Crippen LogP contribution in [0.25, 0.3) is 0 Å². The maximum Gasteiger partial charge on any atom is 0.225 e. The van der Waals surface area contributed by atoms with E-state index >= 15 is 0 Å². The fraction of sp³-hybridized carbons (Fsp3) is 0.467. The molecule has 0 bridgehead atoms. The SMILES string of the molecule is N#CC(CC(=O)N1CCCCC1)Nc1ccc(F)cc1. The van der Waals surface area contributed by atoms with E-state index in [1.165, 1.54) is 18.6 Å². The van der Waals surface area contributed by atoms with Gasteiger partial charge in [-0.15, -0.1) is 0 Å². The number of anilines is 1. The number of piperidine rings is 1. The minimum Gasteiger partial charge on any atom is -0.369 e. The van der Waals surface area contributed by atoms with Crippen LogP contribution in [0.15, 0.2) is 24.3 Å². The van der Waals surface area contributed by atoms with Crippen LogP contribution in [0, 0.1) is 17.1 Å². The molecule has 1 aliphatic heterocycles. The fourth-order valence-electron chi connectivity index (χ4n) is 2.32. The van der Waals surface area contributed by atoms with Crippen molar-refractivity contribution in [3.63, 3.8) is 0 Å². The molecule has 1 aromatic rings. The van der Waals surface area contributed by atoms with E-state index in [0.29, 0.717) is 5.69 Å². The largest absolute Gasteiger partial charge is 0.369 e. The Hall–Kier alpha value is -2.09. The molecule has 2 rings (SSSR count). The summed E-state index contributed by atoms with van der Waals surface area (Å²) in [5.74, 6) is -0.320. The second-order valence-electron chi connectivity index (χ2n) is 4.98. The lowest BCUT2D eigenvalue weighted by Gasteiger charge is -2.27. The molecular formula is C15H18FN3O. The number of halogens is 1. The summed E-state index contributed by atoms with van der Waals surface area (Å²) in [6.07, 6.45) is 3.38. The number of carbonyl (C=O) groups is 1. The van der Waals surface area contributed by atoms with Crippen LogP contribution in [0.5, 0.6) is 0 Å². The molecule has 1 unspecified atom stereocenters. The van der Waals surface area contributed by atoms with Crippen LogP contribution in [0.4, 0.5) is 10.1 Å². The summed E-state index contributed by atoms with van der Waals surface area (Å²) in [4.78, 5) is 13.9. The van der Waals surface area contributed by atoms with Crippen LogP contribution in [0.1, 0.15) is 25.7 Å². The Balaban J connectivity index is 1.90. The molecule has 0 spiro atoms. The minimum atomic E-state index is -0.588. The van der Waals surface area contributed by atoms with E-state index in [1.807, 2.05) is 4.90 Å². The monoisotopic (exact) mass is 275 g/mol. The van der Waals surface area contributed by atoms with Gasteiger partial charge in [-0.3, -0.25) is 4.79 Å². The van der Waals surface area contributed by atoms with E-state index < -0.39 is 6.04 Å². The first-order valence-corrected chi connectivity index (χ1v) is 6.88. The summed E-state index contributed by atoms with van der Waals surface area (Å²) in [6, 6.07) is 7.26. The summed E-state index contributed by atoms with van der Waals surface area (Å²) in [5.41, 5.74) is 0.643. The lowest BCUT2D eigenvalue weighted by Crippen LogP contribution is -2.38. The number of nitriles is 1. The Labute approximate surface area is 118 Å². The van der Waals surface area contributed by atoms with E-state index in [-0.39, 0.29) is 18.1 Å². The van der Waals surface area contributed by atoms with Crippen LogP contribution >= 0.6 is 0 Å². The summed E-state index contributed by atoms with van der Waals surface area (Å²) in [5, 5.41) is 12.1. The Morgan fingerprint density at radius 3 is 2.55 bits per heavy atom. The zero-order chi connectivity index (χ0) is 14.4. The average molecular weight is 275 g/mol. The number of likely N-dealkylation sites (tertiary alicyclic amines) is 1. The number of hydrogen-bond donors (Lipinski definition) is 1. The lowest BCUT2D eigenvalue weighted by atomic mass is 10.1. The van der Waals surface area contributed by atoms with Gasteiger partial charge in [0.1, 0.15) is 11.9 Å². The molecule has 5 heteroatoms. The first kappa shape index (κ1) is 14.3. The topological polar surface area (TPSA) is 56.1 Å². The molecule has 1 atom stereocenters. The van der Waals surface area contributed by atoms with Crippen molar-refractivity contribution in [3.8, 4) is 6.07 Å². The number of benzene rings is 1. The first-order valence-electron chi connectivity index (χ1n) is 6.88. The van der Waals surface area contributed by atoms with Gasteiger partial charge < -0.3 is 10.2 Å². The molecule has 1 aromatic carbocycles. The van der Waals surface area contributed by atoms with Gasteiger partial charge in [0.25, 0.3) is 0 Å². The lowest BCUT2D eigenvalue weighted by molar-refractivity contribution is -0.132. The van der Waals surface area contributed by atoms with Crippen molar-refractivity contribution in [1.29, 1.82) is 5.26 Å². The van der Waals surface area contributed by atoms with Crippen molar-refractivity contribution in [2.45, 2.75) is 31.7 Å². The summed E-state index contributed by atoms with van der Waals surface area (Å²) < 4.78 is 12.8. The van der Waals surface area contributed by atoms with Gasteiger partial charge in [-0.1, -0.05) is 0 Å². The number of rotatable bonds is 4. The summed E-state index contributed by atoms with van der Waals surface area (Å²) in [6.45, 7) is 1.57. The van der Waals surface area contributed by atoms with Gasteiger partial charge >= 0.3 is 0 Å². The predicted octanol–water partition coefficient (Wildman–Crippen LogP) is 2.53. The molecule has 1 aliphatic rings. The summed E-state index contributed by atoms with van der Waals surface area (Å²) in [7, 11) is 0. The van der Waals surface area contributed by atoms with Crippen LogP contribution in [0.2, 0.25) is 0 Å². The van der Waals surface area contributed by atoms with Crippen molar-refractivity contribution in [2.24, 2.45) is 0 Å². The molecule has 1 fully saturated rings. The highest BCUT2D eigenvalue weighted by atomic mass is 19.1. The van der Waals surface area contributed by atoms with E-state index in [9.17, 15) is 9.18 Å². The number of carbonyl (C=O) groups excluding carboxylic acids is 1. The fourth-order valence-corrected chi connectivity index (χ4v) is 2.32. The van der Waals surface area contributed by atoms with Crippen molar-refractivity contribution in [2.75, 3.05) is 18.4 Å². The summed E-state index contributed by atoms with van der Waals surface area (Å²) >= 11 is 0. The number of nitrogens with one attached hydrogen (secondary N) is 1. The molecule has 1 saturated heterocycles. The van der Waals surface area contributed by atoms with E-state index in [0.717, 1.165) is 25.9 Å². The third-order valence-electron chi connectivity index (χ3n) is 3.43. The van der Waals surface area contributed by atoms with Gasteiger partial charge in [0.15, 0.2) is 0 Å². The van der Waals surface area contributed by atoms with Crippen molar-refractivity contribution in [1.82, 2.24) is 4.90 Å². The van der Waals surface area contributed by atoms with Gasteiger partial charge in [0.2, 0.25) is 5.91 Å². The zero-order valence-corrected chi connectivity index (χ0v) is 11.3. The van der Waals surface area contributed by atoms with Gasteiger partial charge in [0, 0.05) is 18.8 Å². The smallest absolute Gasteiger partial charge is 0.225 e. The van der Waals surface area contributed by atoms with Gasteiger partial charge in [-0.25, -0.2) is 4.39 Å². The van der Waals surface area contributed by atoms with Crippen LogP contribution in [-0.2, 0) is 4.79 Å². The molecule has 0 saturated carbocycles. The molecular weight excluding hydrogens is 257 g/mol. The van der Waals surface area contributed by atoms with E-state index in [2.05, 4.69) is 11.4 Å². The molecule has 1 amide bonds. The van der Waals surface area contributed by atoms with Crippen LogP contribution in [-0.4, -0.2) is 29.9 Å². The maximum atomic E-state index is 12.8. The number of hydrogen-bond acceptors (Lipinski definition) is 3. The Bertz CT molecular complexity index is 489. The molecule has 20 heavy (non-hydrogen) atoms. The standard InChI is InChI=1S/C15H18FN3O/c16-12-4-6-13(7-5-12)18-14(11-17)10-15(20)19-8-2-1-3-9-19/h4-7,14,18H,1-3,8-10H2. The highest BCUT2D eigenvalue weighted by molar-refractivity contribution is 5.78. The third-order valence-corrected chi connectivity index (χ3v) is 3.43. The minimum absolute atomic E-state index is 0.00543. The van der Waals surface area contributed by atoms with E-state index in [4.69, 9.17) is 5.26 Å². The van der Waals surface area contributed by atoms with E-state index in [1.54, 1.807) is 12.1 Å². The van der Waals surface area contributed by atoms with Crippen molar-refractivity contribution in [3.05, 3.63) is 30.1 Å². The molecule has 0 radical (unpaired) electrons. The third kappa shape index (κ3) is 3.95. The van der Waals surface area contributed by atoms with Crippen molar-refractivity contribution < 1.29 is 9.18 Å². The van der Waals surface area contributed by atoms with Crippen molar-refractivity contribution >= 4 is 11.6 Å². The highest BCUT2D eigenvalue weighted by Crippen LogP contribution is 2.14. The normalized spacial score (nSPS) is 16.3. The molecule has 106 valence electrons. The zero-order valence-electron chi connectivity index (χ0n) is 11.3. The first-order chi connectivity index (χ1) is 9.69. The number of amides is 1. The molecule has 0 aliphatic carbocycles. The van der Waals surface area contributed by atoms with Gasteiger partial charge in [-0.2, -0.15) is 5.26 Å². The molecule has 4 nitrogen and oxygen atoms in total. The highest BCUT2D eigenvalue weighted by Gasteiger charge is 2.20. The quantitative estimate of drug-likeness (QED) is 0.918. The maximum absolute atomic E-state index is 12.8. The van der Waals surface area contributed by atoms with Crippen LogP contribution < -0.4 is 5.32 Å². The van der Waals surface area contributed by atoms with Gasteiger partial charge in [0.05, 0.1) is 12.5 Å². The molecule has 0 aromatic heterocycles. The van der Waals surface area contributed by atoms with Crippen LogP contribution in [0.3, 0.4) is 0 Å². The number of nitrogens with zero attached hydrogens (tertiary/aromatic N) is 2. The molecule has 1 heterocycles. The van der Waals surface area contributed by atoms with Gasteiger partial charge in [-0.05, 0) is 43.5 Å².